The fourth-order valence-electron chi connectivity index (χ4n) is 6.41. The average molecular weight is 356 g/mol. The van der Waals surface area contributed by atoms with Crippen molar-refractivity contribution in [3.63, 3.8) is 0 Å². The van der Waals surface area contributed by atoms with Crippen LogP contribution in [0.15, 0.2) is 24.3 Å². The van der Waals surface area contributed by atoms with Gasteiger partial charge in [-0.1, -0.05) is 18.2 Å². The van der Waals surface area contributed by atoms with E-state index in [0.29, 0.717) is 18.4 Å². The van der Waals surface area contributed by atoms with E-state index in [0.717, 1.165) is 37.7 Å². The van der Waals surface area contributed by atoms with E-state index in [2.05, 4.69) is 5.32 Å². The molecule has 2 amide bonds. The van der Waals surface area contributed by atoms with Crippen molar-refractivity contribution in [3.8, 4) is 5.75 Å². The van der Waals surface area contributed by atoms with Gasteiger partial charge < -0.3 is 15.3 Å². The van der Waals surface area contributed by atoms with Gasteiger partial charge in [-0.2, -0.15) is 0 Å². The smallest absolute Gasteiger partial charge is 0.228 e. The number of hydrogen-bond acceptors (Lipinski definition) is 3. The lowest BCUT2D eigenvalue weighted by Gasteiger charge is -2.61. The van der Waals surface area contributed by atoms with Crippen molar-refractivity contribution in [2.45, 2.75) is 57.5 Å². The predicted molar refractivity (Wildman–Crippen MR) is 98.2 cm³/mol. The number of nitrogens with zero attached hydrogens (tertiary/aromatic N) is 1. The lowest BCUT2D eigenvalue weighted by molar-refractivity contribution is -0.162. The van der Waals surface area contributed by atoms with E-state index in [4.69, 9.17) is 0 Å². The first kappa shape index (κ1) is 17.4. The van der Waals surface area contributed by atoms with E-state index < -0.39 is 0 Å². The summed E-state index contributed by atoms with van der Waals surface area (Å²) in [6, 6.07) is 7.18. The summed E-state index contributed by atoms with van der Waals surface area (Å²) < 4.78 is 0. The number of rotatable bonds is 4. The minimum atomic E-state index is -0.355. The van der Waals surface area contributed by atoms with Crippen LogP contribution in [0.5, 0.6) is 5.75 Å². The maximum Gasteiger partial charge on any atom is 0.228 e. The van der Waals surface area contributed by atoms with E-state index in [1.807, 2.05) is 19.2 Å². The second-order valence-corrected chi connectivity index (χ2v) is 8.99. The summed E-state index contributed by atoms with van der Waals surface area (Å²) in [6.07, 6.45) is 5.86. The fourth-order valence-corrected chi connectivity index (χ4v) is 6.41. The molecule has 0 radical (unpaired) electrons. The first-order valence-corrected chi connectivity index (χ1v) is 9.62. The number of carbonyl (C=O) groups is 2. The van der Waals surface area contributed by atoms with Crippen LogP contribution in [0.3, 0.4) is 0 Å². The maximum atomic E-state index is 13.5. The first-order chi connectivity index (χ1) is 12.3. The summed E-state index contributed by atoms with van der Waals surface area (Å²) in [6.45, 7) is 1.99. The van der Waals surface area contributed by atoms with Crippen LogP contribution < -0.4 is 5.32 Å². The van der Waals surface area contributed by atoms with Crippen LogP contribution in [0.1, 0.15) is 51.0 Å². The van der Waals surface area contributed by atoms with Gasteiger partial charge in [0.15, 0.2) is 0 Å². The van der Waals surface area contributed by atoms with Gasteiger partial charge in [0.25, 0.3) is 0 Å². The van der Waals surface area contributed by atoms with Gasteiger partial charge in [0.1, 0.15) is 5.75 Å². The SMILES string of the molecule is CC(=O)NC12C[C@H]3C[C@@H](C1)CC(C(=O)N(C)Cc1ccccc1O)(C3)C2. The van der Waals surface area contributed by atoms with E-state index in [-0.39, 0.29) is 28.5 Å². The highest BCUT2D eigenvalue weighted by molar-refractivity contribution is 5.84. The molecule has 4 saturated carbocycles. The van der Waals surface area contributed by atoms with E-state index in [1.54, 1.807) is 24.0 Å². The molecular formula is C21H28N2O3. The Morgan fingerprint density at radius 2 is 1.85 bits per heavy atom. The van der Waals surface area contributed by atoms with Crippen molar-refractivity contribution in [2.24, 2.45) is 17.3 Å². The van der Waals surface area contributed by atoms with Gasteiger partial charge in [0, 0.05) is 31.6 Å². The summed E-state index contributed by atoms with van der Waals surface area (Å²) in [4.78, 5) is 27.0. The molecular weight excluding hydrogens is 328 g/mol. The summed E-state index contributed by atoms with van der Waals surface area (Å²) >= 11 is 0. The zero-order valence-electron chi connectivity index (χ0n) is 15.6. The maximum absolute atomic E-state index is 13.5. The van der Waals surface area contributed by atoms with Crippen LogP contribution >= 0.6 is 0 Å². The van der Waals surface area contributed by atoms with Crippen molar-refractivity contribution < 1.29 is 14.7 Å². The summed E-state index contributed by atoms with van der Waals surface area (Å²) in [5.41, 5.74) is 0.220. The van der Waals surface area contributed by atoms with Crippen LogP contribution in [0, 0.1) is 17.3 Å². The number of para-hydroxylation sites is 1. The Balaban J connectivity index is 1.57. The highest BCUT2D eigenvalue weighted by atomic mass is 16.3. The van der Waals surface area contributed by atoms with Crippen molar-refractivity contribution in [1.82, 2.24) is 10.2 Å². The monoisotopic (exact) mass is 356 g/mol. The second-order valence-electron chi connectivity index (χ2n) is 8.99. The van der Waals surface area contributed by atoms with E-state index >= 15 is 0 Å². The fraction of sp³-hybridized carbons (Fsp3) is 0.619. The van der Waals surface area contributed by atoms with Crippen molar-refractivity contribution in [1.29, 1.82) is 0 Å². The Bertz CT molecular complexity index is 731. The molecule has 5 heteroatoms. The van der Waals surface area contributed by atoms with Crippen LogP contribution in [-0.2, 0) is 16.1 Å². The Morgan fingerprint density at radius 1 is 1.19 bits per heavy atom. The van der Waals surface area contributed by atoms with Gasteiger partial charge in [-0.05, 0) is 56.4 Å². The largest absolute Gasteiger partial charge is 0.508 e. The third-order valence-corrected chi connectivity index (χ3v) is 6.70. The minimum Gasteiger partial charge on any atom is -0.508 e. The molecule has 5 nitrogen and oxygen atoms in total. The molecule has 4 aliphatic rings. The molecule has 1 aromatic rings. The summed E-state index contributed by atoms with van der Waals surface area (Å²) in [5, 5.41) is 13.2. The molecule has 0 aliphatic heterocycles. The normalized spacial score (nSPS) is 34.5. The highest BCUT2D eigenvalue weighted by Gasteiger charge is 2.61. The quantitative estimate of drug-likeness (QED) is 0.872. The molecule has 0 heterocycles. The number of benzene rings is 1. The minimum absolute atomic E-state index is 0.0112. The number of phenolic OH excluding ortho intramolecular Hbond substituents is 1. The Morgan fingerprint density at radius 3 is 2.46 bits per heavy atom. The highest BCUT2D eigenvalue weighted by Crippen LogP contribution is 2.62. The molecule has 4 fully saturated rings. The number of aromatic hydroxyl groups is 1. The summed E-state index contributed by atoms with van der Waals surface area (Å²) in [5.74, 6) is 1.48. The summed E-state index contributed by atoms with van der Waals surface area (Å²) in [7, 11) is 1.83. The number of hydrogen-bond donors (Lipinski definition) is 2. The molecule has 0 aromatic heterocycles. The molecule has 0 spiro atoms. The van der Waals surface area contributed by atoms with Crippen molar-refractivity contribution in [3.05, 3.63) is 29.8 Å². The third-order valence-electron chi connectivity index (χ3n) is 6.70. The molecule has 1 aromatic carbocycles. The number of carbonyl (C=O) groups excluding carboxylic acids is 2. The Labute approximate surface area is 154 Å². The first-order valence-electron chi connectivity index (χ1n) is 9.62. The van der Waals surface area contributed by atoms with Gasteiger partial charge >= 0.3 is 0 Å². The topological polar surface area (TPSA) is 69.6 Å². The van der Waals surface area contributed by atoms with Crippen molar-refractivity contribution in [2.75, 3.05) is 7.05 Å². The van der Waals surface area contributed by atoms with Gasteiger partial charge in [-0.15, -0.1) is 0 Å². The molecule has 2 unspecified atom stereocenters. The standard InChI is InChI=1S/C21H28N2O3/c1-14(24)22-21-10-15-7-16(11-21)9-20(8-15,13-21)19(26)23(2)12-17-5-3-4-6-18(17)25/h3-6,15-16,25H,7-13H2,1-2H3,(H,22,24)/t15-,16+,20?,21?. The van der Waals surface area contributed by atoms with Crippen LogP contribution in [-0.4, -0.2) is 34.4 Å². The number of phenols is 1. The zero-order valence-corrected chi connectivity index (χ0v) is 15.6. The lowest BCUT2D eigenvalue weighted by Crippen LogP contribution is -2.65. The van der Waals surface area contributed by atoms with E-state index in [9.17, 15) is 14.7 Å². The van der Waals surface area contributed by atoms with E-state index in [1.165, 1.54) is 6.42 Å². The molecule has 140 valence electrons. The molecule has 4 bridgehead atoms. The average Bonchev–Trinajstić information content (AvgIpc) is 2.53. The predicted octanol–water partition coefficient (Wildman–Crippen LogP) is 2.83. The van der Waals surface area contributed by atoms with Crippen LogP contribution in [0.25, 0.3) is 0 Å². The Hall–Kier alpha value is -2.04. The molecule has 26 heavy (non-hydrogen) atoms. The molecule has 0 saturated heterocycles. The zero-order chi connectivity index (χ0) is 18.5. The van der Waals surface area contributed by atoms with Gasteiger partial charge in [-0.25, -0.2) is 0 Å². The van der Waals surface area contributed by atoms with Crippen LogP contribution in [0.2, 0.25) is 0 Å². The number of nitrogens with one attached hydrogen (secondary N) is 1. The van der Waals surface area contributed by atoms with Gasteiger partial charge in [0.2, 0.25) is 11.8 Å². The van der Waals surface area contributed by atoms with Crippen molar-refractivity contribution >= 4 is 11.8 Å². The molecule has 2 N–H and O–H groups in total. The third kappa shape index (κ3) is 2.87. The lowest BCUT2D eigenvalue weighted by atomic mass is 9.46. The Kier molecular flexibility index (Phi) is 4.01. The van der Waals surface area contributed by atoms with Crippen LogP contribution in [0.4, 0.5) is 0 Å². The molecule has 4 aliphatic carbocycles. The number of amides is 2. The second kappa shape index (κ2) is 6.00. The molecule has 5 rings (SSSR count). The van der Waals surface area contributed by atoms with Gasteiger partial charge in [0.05, 0.1) is 5.41 Å². The van der Waals surface area contributed by atoms with Gasteiger partial charge in [-0.3, -0.25) is 9.59 Å². The molecule has 4 atom stereocenters.